The van der Waals surface area contributed by atoms with Gasteiger partial charge in [-0.1, -0.05) is 12.1 Å². The van der Waals surface area contributed by atoms with Gasteiger partial charge < -0.3 is 19.9 Å². The molecule has 0 fully saturated rings. The molecule has 1 aliphatic heterocycles. The van der Waals surface area contributed by atoms with E-state index < -0.39 is 0 Å². The fraction of sp³-hybridized carbons (Fsp3) is 0. The van der Waals surface area contributed by atoms with Crippen LogP contribution in [0.15, 0.2) is 66.7 Å². The molecule has 0 aliphatic carbocycles. The van der Waals surface area contributed by atoms with E-state index in [2.05, 4.69) is 19.9 Å². The molecule has 7 heteroatoms. The first kappa shape index (κ1) is 18.9. The molecular weight excluding hydrogens is 414 g/mol. The molecule has 1 aliphatic rings. The second-order valence-corrected chi connectivity index (χ2v) is 8.01. The van der Waals surface area contributed by atoms with E-state index in [4.69, 9.17) is 0 Å². The van der Waals surface area contributed by atoms with Crippen LogP contribution >= 0.6 is 0 Å². The molecule has 0 unspecified atom stereocenters. The van der Waals surface area contributed by atoms with E-state index in [0.29, 0.717) is 5.56 Å². The highest BCUT2D eigenvalue weighted by molar-refractivity contribution is 5.75. The average molecular weight is 433 g/mol. The van der Waals surface area contributed by atoms with Crippen molar-refractivity contribution in [1.82, 2.24) is 19.9 Å². The first-order chi connectivity index (χ1) is 16.1. The van der Waals surface area contributed by atoms with Gasteiger partial charge in [-0.05, 0) is 72.8 Å². The Morgan fingerprint density at radius 3 is 1.79 bits per heavy atom. The number of aromatic amines is 4. The van der Waals surface area contributed by atoms with Crippen molar-refractivity contribution in [3.63, 3.8) is 0 Å². The molecule has 33 heavy (non-hydrogen) atoms. The Hall–Kier alpha value is -4.78. The standard InChI is InChI=1S/C26H19N5O2/c32-31(33)26-4-2-1-3-23(26)24-14-22-13-20-8-7-18(28-20)11-16-5-6-17(27-16)12-19-9-10-21(29-19)15-25(24)30-22/h1-15,27-30H. The Balaban J connectivity index is 1.64. The number of H-pyrrole nitrogens is 4. The zero-order chi connectivity index (χ0) is 22.4. The zero-order valence-electron chi connectivity index (χ0n) is 17.4. The van der Waals surface area contributed by atoms with Crippen LogP contribution in [0.4, 0.5) is 5.69 Å². The van der Waals surface area contributed by atoms with Gasteiger partial charge >= 0.3 is 0 Å². The fourth-order valence-corrected chi connectivity index (χ4v) is 4.22. The number of hydrogen-bond acceptors (Lipinski definition) is 2. The lowest BCUT2D eigenvalue weighted by atomic mass is 10.1. The molecule has 8 bridgehead atoms. The number of nitrogens with zero attached hydrogens (tertiary/aromatic N) is 1. The molecule has 0 radical (unpaired) electrons. The van der Waals surface area contributed by atoms with Crippen LogP contribution in [-0.4, -0.2) is 24.9 Å². The summed E-state index contributed by atoms with van der Waals surface area (Å²) >= 11 is 0. The highest BCUT2D eigenvalue weighted by Gasteiger charge is 2.16. The topological polar surface area (TPSA) is 106 Å². The quantitative estimate of drug-likeness (QED) is 0.248. The van der Waals surface area contributed by atoms with Crippen LogP contribution in [0.3, 0.4) is 0 Å². The molecule has 160 valence electrons. The molecule has 0 spiro atoms. The largest absolute Gasteiger partial charge is 0.355 e. The summed E-state index contributed by atoms with van der Waals surface area (Å²) in [5.41, 5.74) is 5.15. The van der Waals surface area contributed by atoms with Gasteiger partial charge in [-0.2, -0.15) is 0 Å². The molecule has 1 aromatic carbocycles. The number of para-hydroxylation sites is 1. The summed E-state index contributed by atoms with van der Waals surface area (Å²) in [6, 6.07) is 20.9. The Morgan fingerprint density at radius 1 is 0.576 bits per heavy atom. The van der Waals surface area contributed by atoms with Gasteiger partial charge in [0.25, 0.3) is 5.69 Å². The van der Waals surface area contributed by atoms with E-state index in [1.54, 1.807) is 12.1 Å². The van der Waals surface area contributed by atoms with Crippen LogP contribution in [0.25, 0.3) is 35.4 Å². The monoisotopic (exact) mass is 433 g/mol. The van der Waals surface area contributed by atoms with Gasteiger partial charge in [-0.15, -0.1) is 0 Å². The number of benzene rings is 1. The first-order valence-electron chi connectivity index (χ1n) is 10.5. The second-order valence-electron chi connectivity index (χ2n) is 8.01. The summed E-state index contributed by atoms with van der Waals surface area (Å²) in [5.74, 6) is 0. The normalized spacial score (nSPS) is 12.2. The fourth-order valence-electron chi connectivity index (χ4n) is 4.22. The van der Waals surface area contributed by atoms with Gasteiger partial charge in [-0.25, -0.2) is 0 Å². The second kappa shape index (κ2) is 7.42. The van der Waals surface area contributed by atoms with Crippen molar-refractivity contribution >= 4 is 30.0 Å². The van der Waals surface area contributed by atoms with Crippen LogP contribution in [0.5, 0.6) is 0 Å². The number of nitro groups is 1. The molecule has 0 saturated heterocycles. The molecule has 4 aromatic heterocycles. The van der Waals surface area contributed by atoms with Gasteiger partial charge in [0, 0.05) is 55.8 Å². The summed E-state index contributed by atoms with van der Waals surface area (Å²) in [6.45, 7) is 0. The highest BCUT2D eigenvalue weighted by Crippen LogP contribution is 2.26. The summed E-state index contributed by atoms with van der Waals surface area (Å²) < 4.78 is 0. The maximum atomic E-state index is 11.7. The zero-order valence-corrected chi connectivity index (χ0v) is 17.4. The molecule has 5 heterocycles. The third-order valence-electron chi connectivity index (χ3n) is 5.69. The molecule has 0 atom stereocenters. The summed E-state index contributed by atoms with van der Waals surface area (Å²) in [7, 11) is 0. The average Bonchev–Trinajstić information content (AvgIpc) is 3.59. The SMILES string of the molecule is O=[N+]([O-])c1ccccc1-c1cc2[nH]c1=Cc1ccc([nH]1)C=c1ccc([nH]1)=Cc1ccc([nH]1)C=2. The summed E-state index contributed by atoms with van der Waals surface area (Å²) in [5, 5.41) is 15.3. The minimum Gasteiger partial charge on any atom is -0.355 e. The number of nitrogens with one attached hydrogen (secondary N) is 4. The lowest BCUT2D eigenvalue weighted by molar-refractivity contribution is -0.384. The van der Waals surface area contributed by atoms with E-state index in [-0.39, 0.29) is 10.6 Å². The van der Waals surface area contributed by atoms with Gasteiger partial charge in [0.2, 0.25) is 0 Å². The van der Waals surface area contributed by atoms with Crippen LogP contribution < -0.4 is 21.4 Å². The number of rotatable bonds is 2. The van der Waals surface area contributed by atoms with Crippen molar-refractivity contribution in [2.45, 2.75) is 0 Å². The molecule has 0 saturated carbocycles. The summed E-state index contributed by atoms with van der Waals surface area (Å²) in [6.07, 6.45) is 8.05. The van der Waals surface area contributed by atoms with Crippen molar-refractivity contribution in [2.75, 3.05) is 0 Å². The Kier molecular flexibility index (Phi) is 4.26. The van der Waals surface area contributed by atoms with Crippen LogP contribution in [0.2, 0.25) is 0 Å². The van der Waals surface area contributed by atoms with Crippen molar-refractivity contribution in [2.24, 2.45) is 0 Å². The van der Waals surface area contributed by atoms with Crippen molar-refractivity contribution in [3.8, 4) is 11.1 Å². The van der Waals surface area contributed by atoms with Crippen molar-refractivity contribution < 1.29 is 4.92 Å². The maximum absolute atomic E-state index is 11.7. The molecular formula is C26H19N5O2. The third kappa shape index (κ3) is 3.61. The smallest absolute Gasteiger partial charge is 0.277 e. The number of aromatic nitrogens is 4. The summed E-state index contributed by atoms with van der Waals surface area (Å²) in [4.78, 5) is 25.0. The molecule has 0 amide bonds. The van der Waals surface area contributed by atoms with Gasteiger partial charge in [0.05, 0.1) is 10.5 Å². The Morgan fingerprint density at radius 2 is 1.15 bits per heavy atom. The molecule has 5 aromatic rings. The minimum absolute atomic E-state index is 0.0724. The predicted molar refractivity (Wildman–Crippen MR) is 128 cm³/mol. The number of hydrogen-bond donors (Lipinski definition) is 4. The van der Waals surface area contributed by atoms with Gasteiger partial charge in [0.15, 0.2) is 0 Å². The third-order valence-corrected chi connectivity index (χ3v) is 5.69. The Bertz CT molecular complexity index is 1760. The lowest BCUT2D eigenvalue weighted by Gasteiger charge is -2.00. The Labute approximate surface area is 187 Å². The van der Waals surface area contributed by atoms with Crippen LogP contribution in [0.1, 0.15) is 22.8 Å². The van der Waals surface area contributed by atoms with Crippen LogP contribution in [-0.2, 0) is 0 Å². The number of nitro benzene ring substituents is 1. The van der Waals surface area contributed by atoms with Crippen LogP contribution in [0, 0.1) is 10.1 Å². The van der Waals surface area contributed by atoms with Crippen molar-refractivity contribution in [1.29, 1.82) is 0 Å². The first-order valence-corrected chi connectivity index (χ1v) is 10.5. The minimum atomic E-state index is -0.343. The highest BCUT2D eigenvalue weighted by atomic mass is 16.6. The molecule has 7 nitrogen and oxygen atoms in total. The molecule has 4 N–H and O–H groups in total. The lowest BCUT2D eigenvalue weighted by Crippen LogP contribution is -2.11. The van der Waals surface area contributed by atoms with E-state index in [0.717, 1.165) is 49.7 Å². The van der Waals surface area contributed by atoms with Gasteiger partial charge in [-0.3, -0.25) is 10.1 Å². The van der Waals surface area contributed by atoms with E-state index in [1.165, 1.54) is 6.07 Å². The van der Waals surface area contributed by atoms with E-state index >= 15 is 0 Å². The maximum Gasteiger partial charge on any atom is 0.277 e. The molecule has 6 rings (SSSR count). The number of fused-ring (bicyclic) bond motifs is 8. The van der Waals surface area contributed by atoms with E-state index in [1.807, 2.05) is 72.8 Å². The van der Waals surface area contributed by atoms with Crippen molar-refractivity contribution in [3.05, 3.63) is 121 Å². The van der Waals surface area contributed by atoms with Gasteiger partial charge in [0.1, 0.15) is 0 Å². The van der Waals surface area contributed by atoms with E-state index in [9.17, 15) is 10.1 Å². The predicted octanol–water partition coefficient (Wildman–Crippen LogP) is 2.20.